The summed E-state index contributed by atoms with van der Waals surface area (Å²) in [4.78, 5) is 14.1. The molecule has 0 atom stereocenters. The maximum atomic E-state index is 10.7. The number of carboxylic acid groups (broad SMARTS) is 1. The number of nitrogens with two attached hydrogens (primary N) is 1. The number of unbranched alkanes of at least 4 members (excludes halogenated alkanes) is 2. The Kier molecular flexibility index (Phi) is 7.46. The number of nitrogen functional groups attached to an aromatic ring is 1. The van der Waals surface area contributed by atoms with E-state index in [1.54, 1.807) is 11.8 Å². The summed E-state index contributed by atoms with van der Waals surface area (Å²) in [5.41, 5.74) is 10.3. The van der Waals surface area contributed by atoms with Gasteiger partial charge in [0.05, 0.1) is 16.1 Å². The number of aromatic nitrogens is 1. The molecule has 2 aromatic carbocycles. The lowest BCUT2D eigenvalue weighted by Gasteiger charge is -2.14. The molecule has 0 fully saturated rings. The summed E-state index contributed by atoms with van der Waals surface area (Å²) < 4.78 is 2.26. The number of hydrogen-bond donors (Lipinski definition) is 2. The molecule has 0 saturated heterocycles. The number of para-hydroxylation sites is 1. The minimum Gasteiger partial charge on any atom is -1.00 e. The molecule has 0 unspecified atom stereocenters. The fraction of sp³-hybridized carbons (Fsp3) is 0.250. The molecule has 3 aromatic rings. The zero-order valence-corrected chi connectivity index (χ0v) is 19.0. The Morgan fingerprint density at radius 2 is 1.97 bits per heavy atom. The zero-order valence-electron chi connectivity index (χ0n) is 17.4. The molecule has 7 heteroatoms. The summed E-state index contributed by atoms with van der Waals surface area (Å²) in [6, 6.07) is 16.6. The summed E-state index contributed by atoms with van der Waals surface area (Å²) >= 11 is 1.74. The number of anilines is 2. The number of rotatable bonds is 7. The van der Waals surface area contributed by atoms with E-state index in [9.17, 15) is 4.79 Å². The molecule has 4 rings (SSSR count). The highest BCUT2D eigenvalue weighted by Gasteiger charge is 2.22. The fourth-order valence-electron chi connectivity index (χ4n) is 3.81. The van der Waals surface area contributed by atoms with Crippen LogP contribution in [0.25, 0.3) is 17.0 Å². The lowest BCUT2D eigenvalue weighted by Crippen LogP contribution is -3.00. The third-order valence-electron chi connectivity index (χ3n) is 5.42. The fourth-order valence-corrected chi connectivity index (χ4v) is 4.96. The predicted molar refractivity (Wildman–Crippen MR) is 123 cm³/mol. The Morgan fingerprint density at radius 3 is 2.77 bits per heavy atom. The molecule has 0 aliphatic carbocycles. The van der Waals surface area contributed by atoms with Gasteiger partial charge in [0.1, 0.15) is 6.54 Å². The average Bonchev–Trinajstić information content (AvgIpc) is 3.03. The Morgan fingerprint density at radius 1 is 1.16 bits per heavy atom. The van der Waals surface area contributed by atoms with Crippen molar-refractivity contribution < 1.29 is 26.9 Å². The highest BCUT2D eigenvalue weighted by molar-refractivity contribution is 8.03. The van der Waals surface area contributed by atoms with Gasteiger partial charge >= 0.3 is 5.97 Å². The first-order chi connectivity index (χ1) is 14.5. The molecule has 31 heavy (non-hydrogen) atoms. The molecular formula is C24H26ClN3O2S. The van der Waals surface area contributed by atoms with Crippen LogP contribution in [0.3, 0.4) is 0 Å². The third kappa shape index (κ3) is 5.14. The minimum absolute atomic E-state index is 0. The van der Waals surface area contributed by atoms with E-state index in [0.29, 0.717) is 0 Å². The second-order valence-electron chi connectivity index (χ2n) is 7.56. The molecule has 162 valence electrons. The highest BCUT2D eigenvalue weighted by atomic mass is 35.5. The zero-order chi connectivity index (χ0) is 21.1. The van der Waals surface area contributed by atoms with Crippen LogP contribution in [0, 0.1) is 0 Å². The van der Waals surface area contributed by atoms with Crippen molar-refractivity contribution in [2.45, 2.75) is 37.1 Å². The van der Waals surface area contributed by atoms with Crippen LogP contribution < -0.4 is 27.6 Å². The number of pyridine rings is 1. The van der Waals surface area contributed by atoms with Crippen LogP contribution in [0.4, 0.5) is 11.4 Å². The number of halogens is 1. The lowest BCUT2D eigenvalue weighted by molar-refractivity contribution is -0.671. The van der Waals surface area contributed by atoms with Crippen molar-refractivity contribution in [1.82, 2.24) is 0 Å². The molecule has 3 N–H and O–H groups in total. The molecule has 1 aromatic heterocycles. The summed E-state index contributed by atoms with van der Waals surface area (Å²) in [5, 5.41) is 11.2. The van der Waals surface area contributed by atoms with Gasteiger partial charge in [-0.1, -0.05) is 23.9 Å². The van der Waals surface area contributed by atoms with Crippen molar-refractivity contribution in [1.29, 1.82) is 0 Å². The third-order valence-corrected chi connectivity index (χ3v) is 6.57. The Bertz CT molecular complexity index is 1130. The monoisotopic (exact) mass is 455 g/mol. The summed E-state index contributed by atoms with van der Waals surface area (Å²) in [6.45, 7) is 0.885. The number of benzene rings is 2. The van der Waals surface area contributed by atoms with E-state index in [1.165, 1.54) is 32.1 Å². The predicted octanol–water partition coefficient (Wildman–Crippen LogP) is 1.90. The van der Waals surface area contributed by atoms with Crippen LogP contribution in [-0.4, -0.2) is 18.1 Å². The SMILES string of the molecule is CN1C(=Cc2cc[n+](CCCCCC(=O)O)c3ccccc23)Sc2cc(N)ccc21.[Cl-]. The van der Waals surface area contributed by atoms with Gasteiger partial charge in [0.2, 0.25) is 5.52 Å². The second-order valence-corrected chi connectivity index (χ2v) is 8.62. The quantitative estimate of drug-likeness (QED) is 0.323. The summed E-state index contributed by atoms with van der Waals surface area (Å²) in [5.74, 6) is -0.718. The van der Waals surface area contributed by atoms with Gasteiger partial charge in [0, 0.05) is 42.6 Å². The van der Waals surface area contributed by atoms with Gasteiger partial charge < -0.3 is 28.1 Å². The number of carboxylic acids is 1. The van der Waals surface area contributed by atoms with Gasteiger partial charge in [-0.2, -0.15) is 4.57 Å². The minimum atomic E-state index is -0.718. The molecule has 0 radical (unpaired) electrons. The summed E-state index contributed by atoms with van der Waals surface area (Å²) in [7, 11) is 2.09. The lowest BCUT2D eigenvalue weighted by atomic mass is 10.1. The first-order valence-electron chi connectivity index (χ1n) is 10.2. The Balaban J connectivity index is 0.00000272. The Labute approximate surface area is 193 Å². The van der Waals surface area contributed by atoms with Crippen LogP contribution in [0.15, 0.2) is 64.7 Å². The molecule has 0 spiro atoms. The van der Waals surface area contributed by atoms with Crippen LogP contribution >= 0.6 is 11.8 Å². The van der Waals surface area contributed by atoms with Crippen molar-refractivity contribution in [3.8, 4) is 0 Å². The largest absolute Gasteiger partial charge is 1.00 e. The standard InChI is InChI=1S/C24H25N3O2S.ClH/c1-26-21-11-10-18(25)16-22(21)30-23(26)15-17-12-14-27(13-6-2-3-9-24(28)29)20-8-5-4-7-19(17)20;/h4-5,7-8,10-12,14-16H,2-3,6,9,13,25H2,1H3;1H. The van der Waals surface area contributed by atoms with Crippen molar-refractivity contribution in [3.05, 3.63) is 65.3 Å². The molecule has 1 aliphatic rings. The molecule has 5 nitrogen and oxygen atoms in total. The molecule has 0 saturated carbocycles. The first kappa shape index (κ1) is 23.0. The van der Waals surface area contributed by atoms with E-state index in [2.05, 4.69) is 65.2 Å². The number of carbonyl (C=O) groups is 1. The number of nitrogens with zero attached hydrogens (tertiary/aromatic N) is 2. The van der Waals surface area contributed by atoms with E-state index in [-0.39, 0.29) is 18.8 Å². The van der Waals surface area contributed by atoms with Crippen molar-refractivity contribution in [2.75, 3.05) is 17.7 Å². The highest BCUT2D eigenvalue weighted by Crippen LogP contribution is 2.46. The van der Waals surface area contributed by atoms with E-state index >= 15 is 0 Å². The van der Waals surface area contributed by atoms with Crippen LogP contribution in [0.2, 0.25) is 0 Å². The normalized spacial score (nSPS) is 14.0. The Hall–Kier alpha value is -2.70. The van der Waals surface area contributed by atoms with Crippen LogP contribution in [0.1, 0.15) is 31.2 Å². The first-order valence-corrected chi connectivity index (χ1v) is 11.0. The smallest absolute Gasteiger partial charge is 0.303 e. The van der Waals surface area contributed by atoms with Crippen molar-refractivity contribution in [2.24, 2.45) is 0 Å². The van der Waals surface area contributed by atoms with Crippen molar-refractivity contribution >= 4 is 46.1 Å². The van der Waals surface area contributed by atoms with Gasteiger partial charge in [-0.25, -0.2) is 0 Å². The van der Waals surface area contributed by atoms with E-state index < -0.39 is 5.97 Å². The molecule has 0 bridgehead atoms. The van der Waals surface area contributed by atoms with E-state index in [1.807, 2.05) is 12.1 Å². The van der Waals surface area contributed by atoms with Crippen LogP contribution in [-0.2, 0) is 11.3 Å². The maximum Gasteiger partial charge on any atom is 0.303 e. The van der Waals surface area contributed by atoms with Crippen LogP contribution in [0.5, 0.6) is 0 Å². The number of thioether (sulfide) groups is 1. The number of fused-ring (bicyclic) bond motifs is 2. The van der Waals surface area contributed by atoms with Gasteiger partial charge in [0.15, 0.2) is 6.20 Å². The molecule has 1 aliphatic heterocycles. The second kappa shape index (κ2) is 10.1. The topological polar surface area (TPSA) is 70.4 Å². The van der Waals surface area contributed by atoms with Crippen molar-refractivity contribution in [3.63, 3.8) is 0 Å². The number of aryl methyl sites for hydroxylation is 1. The van der Waals surface area contributed by atoms with E-state index in [4.69, 9.17) is 10.8 Å². The average molecular weight is 456 g/mol. The van der Waals surface area contributed by atoms with Gasteiger partial charge in [-0.15, -0.1) is 0 Å². The molecule has 2 heterocycles. The number of aliphatic carboxylic acids is 1. The van der Waals surface area contributed by atoms with Gasteiger partial charge in [-0.3, -0.25) is 4.79 Å². The molecule has 0 amide bonds. The van der Waals surface area contributed by atoms with Gasteiger partial charge in [0.25, 0.3) is 0 Å². The van der Waals surface area contributed by atoms with E-state index in [0.717, 1.165) is 31.5 Å². The maximum absolute atomic E-state index is 10.7. The number of hydrogen-bond acceptors (Lipinski definition) is 4. The van der Waals surface area contributed by atoms with Gasteiger partial charge in [-0.05, 0) is 48.7 Å². The molecular weight excluding hydrogens is 430 g/mol. The summed E-state index contributed by atoms with van der Waals surface area (Å²) in [6.07, 6.45) is 7.24.